The van der Waals surface area contributed by atoms with Crippen LogP contribution in [0, 0.1) is 0 Å². The Kier molecular flexibility index (Phi) is 2.63. The third-order valence-electron chi connectivity index (χ3n) is 2.82. The molecule has 1 unspecified atom stereocenters. The molecule has 2 fully saturated rings. The average Bonchev–Trinajstić information content (AvgIpc) is 2.56. The fourth-order valence-electron chi connectivity index (χ4n) is 2.10. The van der Waals surface area contributed by atoms with E-state index in [2.05, 4.69) is 17.1 Å². The molecular weight excluding hydrogens is 152 g/mol. The first-order chi connectivity index (χ1) is 5.86. The zero-order valence-electron chi connectivity index (χ0n) is 7.75. The number of nitrogens with one attached hydrogen (secondary N) is 1. The van der Waals surface area contributed by atoms with E-state index in [4.69, 9.17) is 4.74 Å². The van der Waals surface area contributed by atoms with Crippen LogP contribution in [-0.2, 0) is 4.74 Å². The molecule has 0 amide bonds. The second-order valence-electron chi connectivity index (χ2n) is 3.87. The number of nitrogens with zero attached hydrogens (tertiary/aromatic N) is 1. The van der Waals surface area contributed by atoms with E-state index in [0.29, 0.717) is 12.1 Å². The lowest BCUT2D eigenvalue weighted by Crippen LogP contribution is -2.53. The Hall–Kier alpha value is -0.120. The van der Waals surface area contributed by atoms with E-state index in [1.165, 1.54) is 19.5 Å². The highest BCUT2D eigenvalue weighted by molar-refractivity contribution is 4.82. The van der Waals surface area contributed by atoms with Gasteiger partial charge in [-0.15, -0.1) is 0 Å². The molecule has 2 heterocycles. The molecule has 2 atom stereocenters. The molecule has 12 heavy (non-hydrogen) atoms. The van der Waals surface area contributed by atoms with Crippen LogP contribution in [0.3, 0.4) is 0 Å². The summed E-state index contributed by atoms with van der Waals surface area (Å²) in [5.74, 6) is 0. The third kappa shape index (κ3) is 1.79. The molecule has 2 saturated heterocycles. The quantitative estimate of drug-likeness (QED) is 0.602. The lowest BCUT2D eigenvalue weighted by atomic mass is 10.1. The van der Waals surface area contributed by atoms with Crippen LogP contribution in [0.5, 0.6) is 0 Å². The van der Waals surface area contributed by atoms with Crippen LogP contribution in [0.15, 0.2) is 0 Å². The molecule has 0 aromatic rings. The molecule has 0 saturated carbocycles. The SMILES string of the molecule is C[C@@H]1CN(C2CCOC2)CCN1. The molecule has 0 spiro atoms. The van der Waals surface area contributed by atoms with Crippen LogP contribution in [0.25, 0.3) is 0 Å². The number of rotatable bonds is 1. The maximum atomic E-state index is 5.38. The Balaban J connectivity index is 1.85. The minimum absolute atomic E-state index is 0.652. The minimum Gasteiger partial charge on any atom is -0.380 e. The summed E-state index contributed by atoms with van der Waals surface area (Å²) in [5, 5.41) is 3.45. The van der Waals surface area contributed by atoms with Crippen molar-refractivity contribution in [3.05, 3.63) is 0 Å². The molecule has 0 aromatic heterocycles. The van der Waals surface area contributed by atoms with Crippen LogP contribution in [0.1, 0.15) is 13.3 Å². The van der Waals surface area contributed by atoms with Crippen molar-refractivity contribution in [1.82, 2.24) is 10.2 Å². The zero-order valence-corrected chi connectivity index (χ0v) is 7.75. The lowest BCUT2D eigenvalue weighted by molar-refractivity contribution is 0.120. The van der Waals surface area contributed by atoms with E-state index in [9.17, 15) is 0 Å². The highest BCUT2D eigenvalue weighted by Gasteiger charge is 2.26. The molecule has 0 bridgehead atoms. The Morgan fingerprint density at radius 2 is 2.42 bits per heavy atom. The van der Waals surface area contributed by atoms with Gasteiger partial charge in [0.05, 0.1) is 6.61 Å². The van der Waals surface area contributed by atoms with Gasteiger partial charge in [-0.05, 0) is 13.3 Å². The van der Waals surface area contributed by atoms with Crippen molar-refractivity contribution < 1.29 is 4.74 Å². The topological polar surface area (TPSA) is 24.5 Å². The van der Waals surface area contributed by atoms with Gasteiger partial charge in [0.25, 0.3) is 0 Å². The lowest BCUT2D eigenvalue weighted by Gasteiger charge is -2.35. The van der Waals surface area contributed by atoms with Crippen molar-refractivity contribution in [3.8, 4) is 0 Å². The summed E-state index contributed by atoms with van der Waals surface area (Å²) in [4.78, 5) is 2.56. The van der Waals surface area contributed by atoms with Gasteiger partial charge in [-0.2, -0.15) is 0 Å². The van der Waals surface area contributed by atoms with Gasteiger partial charge in [-0.3, -0.25) is 4.90 Å². The second-order valence-corrected chi connectivity index (χ2v) is 3.87. The van der Waals surface area contributed by atoms with Crippen LogP contribution in [-0.4, -0.2) is 49.8 Å². The van der Waals surface area contributed by atoms with Gasteiger partial charge >= 0.3 is 0 Å². The average molecular weight is 170 g/mol. The molecule has 3 heteroatoms. The first kappa shape index (κ1) is 8.48. The summed E-state index contributed by atoms with van der Waals surface area (Å²) < 4.78 is 5.38. The van der Waals surface area contributed by atoms with Crippen molar-refractivity contribution in [2.75, 3.05) is 32.8 Å². The van der Waals surface area contributed by atoms with E-state index in [1.807, 2.05) is 0 Å². The Labute approximate surface area is 74.1 Å². The summed E-state index contributed by atoms with van der Waals surface area (Å²) in [5.41, 5.74) is 0. The first-order valence-electron chi connectivity index (χ1n) is 4.91. The van der Waals surface area contributed by atoms with E-state index in [1.54, 1.807) is 0 Å². The summed E-state index contributed by atoms with van der Waals surface area (Å²) in [6.07, 6.45) is 1.23. The molecule has 0 aromatic carbocycles. The van der Waals surface area contributed by atoms with Crippen LogP contribution in [0.4, 0.5) is 0 Å². The third-order valence-corrected chi connectivity index (χ3v) is 2.82. The van der Waals surface area contributed by atoms with Gasteiger partial charge in [0.1, 0.15) is 0 Å². The molecule has 3 nitrogen and oxygen atoms in total. The van der Waals surface area contributed by atoms with Gasteiger partial charge in [0.15, 0.2) is 0 Å². The van der Waals surface area contributed by atoms with E-state index >= 15 is 0 Å². The highest BCUT2D eigenvalue weighted by atomic mass is 16.5. The normalized spacial score (nSPS) is 38.8. The summed E-state index contributed by atoms with van der Waals surface area (Å²) in [6.45, 7) is 7.68. The molecule has 2 rings (SSSR count). The monoisotopic (exact) mass is 170 g/mol. The summed E-state index contributed by atoms with van der Waals surface area (Å²) in [7, 11) is 0. The molecule has 0 radical (unpaired) electrons. The Morgan fingerprint density at radius 1 is 1.50 bits per heavy atom. The smallest absolute Gasteiger partial charge is 0.0622 e. The standard InChI is InChI=1S/C9H18N2O/c1-8-6-11(4-3-10-8)9-2-5-12-7-9/h8-10H,2-7H2,1H3/t8-,9?/m1/s1. The number of ether oxygens (including phenoxy) is 1. The van der Waals surface area contributed by atoms with E-state index in [-0.39, 0.29) is 0 Å². The van der Waals surface area contributed by atoms with Crippen molar-refractivity contribution in [2.24, 2.45) is 0 Å². The maximum Gasteiger partial charge on any atom is 0.0622 e. The van der Waals surface area contributed by atoms with Crippen molar-refractivity contribution >= 4 is 0 Å². The van der Waals surface area contributed by atoms with E-state index < -0.39 is 0 Å². The van der Waals surface area contributed by atoms with Gasteiger partial charge in [-0.1, -0.05) is 0 Å². The van der Waals surface area contributed by atoms with E-state index in [0.717, 1.165) is 19.8 Å². The number of piperazine rings is 1. The Bertz CT molecular complexity index is 145. The second kappa shape index (κ2) is 3.73. The van der Waals surface area contributed by atoms with Crippen LogP contribution < -0.4 is 5.32 Å². The molecule has 2 aliphatic heterocycles. The molecule has 1 N–H and O–H groups in total. The van der Waals surface area contributed by atoms with Gasteiger partial charge in [-0.25, -0.2) is 0 Å². The van der Waals surface area contributed by atoms with Gasteiger partial charge in [0, 0.05) is 38.3 Å². The fraction of sp³-hybridized carbons (Fsp3) is 1.00. The summed E-state index contributed by atoms with van der Waals surface area (Å²) >= 11 is 0. The number of hydrogen-bond donors (Lipinski definition) is 1. The maximum absolute atomic E-state index is 5.38. The minimum atomic E-state index is 0.652. The fourth-order valence-corrected chi connectivity index (χ4v) is 2.10. The van der Waals surface area contributed by atoms with Gasteiger partial charge < -0.3 is 10.1 Å². The predicted octanol–water partition coefficient (Wildman–Crippen LogP) is 0.0690. The van der Waals surface area contributed by atoms with Crippen LogP contribution in [0.2, 0.25) is 0 Å². The zero-order chi connectivity index (χ0) is 8.39. The van der Waals surface area contributed by atoms with Crippen molar-refractivity contribution in [2.45, 2.75) is 25.4 Å². The van der Waals surface area contributed by atoms with Gasteiger partial charge in [0.2, 0.25) is 0 Å². The largest absolute Gasteiger partial charge is 0.380 e. The van der Waals surface area contributed by atoms with Crippen LogP contribution >= 0.6 is 0 Å². The molecular formula is C9H18N2O. The Morgan fingerprint density at radius 3 is 3.08 bits per heavy atom. The number of hydrogen-bond acceptors (Lipinski definition) is 3. The van der Waals surface area contributed by atoms with Crippen molar-refractivity contribution in [3.63, 3.8) is 0 Å². The molecule has 2 aliphatic rings. The highest BCUT2D eigenvalue weighted by Crippen LogP contribution is 2.13. The van der Waals surface area contributed by atoms with Crippen molar-refractivity contribution in [1.29, 1.82) is 0 Å². The molecule has 0 aliphatic carbocycles. The predicted molar refractivity (Wildman–Crippen MR) is 48.3 cm³/mol. The molecule has 70 valence electrons. The first-order valence-corrected chi connectivity index (χ1v) is 4.91. The summed E-state index contributed by atoms with van der Waals surface area (Å²) in [6, 6.07) is 1.36.